The first-order valence-corrected chi connectivity index (χ1v) is 7.75. The summed E-state index contributed by atoms with van der Waals surface area (Å²) in [5.41, 5.74) is 1.99. The zero-order valence-corrected chi connectivity index (χ0v) is 13.6. The molecule has 3 aromatic heterocycles. The van der Waals surface area contributed by atoms with Crippen molar-refractivity contribution in [2.24, 2.45) is 0 Å². The topological polar surface area (TPSA) is 89.6 Å². The third-order valence-electron chi connectivity index (χ3n) is 3.35. The molecule has 7 nitrogen and oxygen atoms in total. The number of benzene rings is 1. The molecule has 0 saturated heterocycles. The zero-order chi connectivity index (χ0) is 17.1. The number of pyridine rings is 1. The van der Waals surface area contributed by atoms with E-state index in [1.54, 1.807) is 30.6 Å². The van der Waals surface area contributed by atoms with Crippen molar-refractivity contribution in [2.45, 2.75) is 0 Å². The minimum absolute atomic E-state index is 0.297. The molecule has 0 spiro atoms. The first-order chi connectivity index (χ1) is 12.3. The lowest BCUT2D eigenvalue weighted by Crippen LogP contribution is -1.97. The molecule has 4 aromatic rings. The van der Waals surface area contributed by atoms with Crippen molar-refractivity contribution >= 4 is 23.1 Å². The van der Waals surface area contributed by atoms with Gasteiger partial charge in [-0.05, 0) is 30.3 Å². The molecule has 3 heterocycles. The van der Waals surface area contributed by atoms with Gasteiger partial charge in [-0.2, -0.15) is 4.98 Å². The van der Waals surface area contributed by atoms with Gasteiger partial charge in [0.2, 0.25) is 5.82 Å². The predicted octanol–water partition coefficient (Wildman–Crippen LogP) is 3.99. The summed E-state index contributed by atoms with van der Waals surface area (Å²) in [6.07, 6.45) is 4.71. The molecule has 25 heavy (non-hydrogen) atoms. The van der Waals surface area contributed by atoms with E-state index in [-0.39, 0.29) is 0 Å². The molecular formula is C17H11ClN6O. The molecular weight excluding hydrogens is 340 g/mol. The van der Waals surface area contributed by atoms with Gasteiger partial charge in [0.05, 0.1) is 0 Å². The minimum atomic E-state index is 0.297. The van der Waals surface area contributed by atoms with E-state index in [2.05, 4.69) is 30.4 Å². The lowest BCUT2D eigenvalue weighted by molar-refractivity contribution is 0.432. The molecule has 0 aliphatic heterocycles. The van der Waals surface area contributed by atoms with Gasteiger partial charge in [-0.25, -0.2) is 9.97 Å². The summed E-state index contributed by atoms with van der Waals surface area (Å²) in [4.78, 5) is 16.9. The zero-order valence-electron chi connectivity index (χ0n) is 12.8. The maximum atomic E-state index is 6.02. The van der Waals surface area contributed by atoms with Crippen molar-refractivity contribution in [1.82, 2.24) is 25.1 Å². The fourth-order valence-corrected chi connectivity index (χ4v) is 2.41. The molecule has 4 rings (SSSR count). The Morgan fingerprint density at radius 3 is 2.84 bits per heavy atom. The van der Waals surface area contributed by atoms with Crippen molar-refractivity contribution in [3.63, 3.8) is 0 Å². The second kappa shape index (κ2) is 6.66. The summed E-state index contributed by atoms with van der Waals surface area (Å²) in [5, 5.41) is 7.78. The van der Waals surface area contributed by atoms with E-state index >= 15 is 0 Å². The summed E-state index contributed by atoms with van der Waals surface area (Å²) in [6, 6.07) is 12.8. The maximum absolute atomic E-state index is 6.02. The highest BCUT2D eigenvalue weighted by atomic mass is 35.5. The fraction of sp³-hybridized carbons (Fsp3) is 0. The third kappa shape index (κ3) is 3.31. The molecule has 0 amide bonds. The van der Waals surface area contributed by atoms with Crippen LogP contribution in [-0.4, -0.2) is 25.1 Å². The van der Waals surface area contributed by atoms with E-state index in [0.717, 1.165) is 5.69 Å². The van der Waals surface area contributed by atoms with E-state index in [4.69, 9.17) is 16.1 Å². The standard InChI is InChI=1S/C17H11ClN6O/c18-11-4-3-5-12(8-11)22-15-13(9-19-10-21-15)17-23-16(24-25-17)14-6-1-2-7-20-14/h1-10H,(H,19,21,22). The fourth-order valence-electron chi connectivity index (χ4n) is 2.22. The quantitative estimate of drug-likeness (QED) is 0.595. The lowest BCUT2D eigenvalue weighted by Gasteiger charge is -2.08. The maximum Gasteiger partial charge on any atom is 0.263 e. The first-order valence-electron chi connectivity index (χ1n) is 7.38. The largest absolute Gasteiger partial charge is 0.339 e. The van der Waals surface area contributed by atoms with Crippen LogP contribution >= 0.6 is 11.6 Å². The Balaban J connectivity index is 1.69. The Bertz CT molecular complexity index is 1000. The second-order valence-corrected chi connectivity index (χ2v) is 5.49. The van der Waals surface area contributed by atoms with E-state index in [0.29, 0.717) is 33.8 Å². The Kier molecular flexibility index (Phi) is 4.05. The van der Waals surface area contributed by atoms with Gasteiger partial charge in [-0.15, -0.1) is 0 Å². The average Bonchev–Trinajstić information content (AvgIpc) is 3.13. The monoisotopic (exact) mass is 350 g/mol. The van der Waals surface area contributed by atoms with Crippen molar-refractivity contribution in [3.05, 3.63) is 66.2 Å². The number of hydrogen-bond acceptors (Lipinski definition) is 7. The molecule has 0 radical (unpaired) electrons. The van der Waals surface area contributed by atoms with E-state index < -0.39 is 0 Å². The minimum Gasteiger partial charge on any atom is -0.339 e. The number of rotatable bonds is 4. The second-order valence-electron chi connectivity index (χ2n) is 5.06. The van der Waals surface area contributed by atoms with Crippen molar-refractivity contribution in [2.75, 3.05) is 5.32 Å². The number of halogens is 1. The van der Waals surface area contributed by atoms with Gasteiger partial charge in [0.25, 0.3) is 5.89 Å². The van der Waals surface area contributed by atoms with Gasteiger partial charge in [0.1, 0.15) is 23.4 Å². The molecule has 0 aliphatic rings. The normalized spacial score (nSPS) is 10.6. The molecule has 0 bridgehead atoms. The van der Waals surface area contributed by atoms with Crippen LogP contribution in [0.1, 0.15) is 0 Å². The molecule has 0 fully saturated rings. The van der Waals surface area contributed by atoms with Crippen LogP contribution in [0.4, 0.5) is 11.5 Å². The van der Waals surface area contributed by atoms with Crippen LogP contribution in [0.25, 0.3) is 23.0 Å². The molecule has 0 aliphatic carbocycles. The van der Waals surface area contributed by atoms with Gasteiger partial charge in [0.15, 0.2) is 0 Å². The molecule has 1 N–H and O–H groups in total. The van der Waals surface area contributed by atoms with Gasteiger partial charge in [-0.3, -0.25) is 4.98 Å². The van der Waals surface area contributed by atoms with E-state index in [1.165, 1.54) is 6.33 Å². The van der Waals surface area contributed by atoms with Gasteiger partial charge < -0.3 is 9.84 Å². The lowest BCUT2D eigenvalue weighted by atomic mass is 10.2. The Morgan fingerprint density at radius 1 is 1.04 bits per heavy atom. The van der Waals surface area contributed by atoms with Crippen LogP contribution in [-0.2, 0) is 0 Å². The average molecular weight is 351 g/mol. The Labute approximate surface area is 147 Å². The highest BCUT2D eigenvalue weighted by Crippen LogP contribution is 2.28. The molecule has 0 unspecified atom stereocenters. The van der Waals surface area contributed by atoms with Crippen molar-refractivity contribution in [1.29, 1.82) is 0 Å². The molecule has 122 valence electrons. The summed E-state index contributed by atoms with van der Waals surface area (Å²) < 4.78 is 5.36. The molecule has 1 aromatic carbocycles. The molecule has 0 saturated carbocycles. The van der Waals surface area contributed by atoms with Crippen LogP contribution in [0.3, 0.4) is 0 Å². The smallest absolute Gasteiger partial charge is 0.263 e. The van der Waals surface area contributed by atoms with Crippen LogP contribution < -0.4 is 5.32 Å². The molecule has 8 heteroatoms. The summed E-state index contributed by atoms with van der Waals surface area (Å²) >= 11 is 6.02. The highest BCUT2D eigenvalue weighted by molar-refractivity contribution is 6.30. The number of anilines is 2. The van der Waals surface area contributed by atoms with Gasteiger partial charge >= 0.3 is 0 Å². The van der Waals surface area contributed by atoms with Crippen LogP contribution in [0.15, 0.2) is 65.7 Å². The SMILES string of the molecule is Clc1cccc(Nc2ncncc2-c2nc(-c3ccccn3)no2)c1. The summed E-state index contributed by atoms with van der Waals surface area (Å²) in [7, 11) is 0. The van der Waals surface area contributed by atoms with Crippen LogP contribution in [0.2, 0.25) is 5.02 Å². The van der Waals surface area contributed by atoms with Gasteiger partial charge in [-0.1, -0.05) is 28.9 Å². The first kappa shape index (κ1) is 15.2. The summed E-state index contributed by atoms with van der Waals surface area (Å²) in [5.74, 6) is 1.23. The molecule has 0 atom stereocenters. The Morgan fingerprint density at radius 2 is 2.00 bits per heavy atom. The number of aromatic nitrogens is 5. The number of nitrogens with one attached hydrogen (secondary N) is 1. The van der Waals surface area contributed by atoms with E-state index in [1.807, 2.05) is 24.3 Å². The predicted molar refractivity (Wildman–Crippen MR) is 93.3 cm³/mol. The van der Waals surface area contributed by atoms with Crippen molar-refractivity contribution in [3.8, 4) is 23.0 Å². The van der Waals surface area contributed by atoms with Crippen LogP contribution in [0, 0.1) is 0 Å². The van der Waals surface area contributed by atoms with Crippen LogP contribution in [0.5, 0.6) is 0 Å². The van der Waals surface area contributed by atoms with E-state index in [9.17, 15) is 0 Å². The third-order valence-corrected chi connectivity index (χ3v) is 3.59. The summed E-state index contributed by atoms with van der Waals surface area (Å²) in [6.45, 7) is 0. The van der Waals surface area contributed by atoms with Gasteiger partial charge in [0, 0.05) is 23.1 Å². The highest BCUT2D eigenvalue weighted by Gasteiger charge is 2.16. The Hall–Kier alpha value is -3.32. The number of nitrogens with zero attached hydrogens (tertiary/aromatic N) is 5. The number of hydrogen-bond donors (Lipinski definition) is 1. The van der Waals surface area contributed by atoms with Crippen molar-refractivity contribution < 1.29 is 4.52 Å².